The number of imidazole rings is 2. The molecule has 288 valence electrons. The van der Waals surface area contributed by atoms with Crippen LogP contribution in [-0.2, 0) is 0 Å². The van der Waals surface area contributed by atoms with Crippen LogP contribution in [0.25, 0.3) is 22.8 Å². The number of nitrogens with one attached hydrogen (secondary N) is 4. The molecule has 8 rings (SSSR count). The molecule has 0 saturated carbocycles. The highest BCUT2D eigenvalue weighted by Crippen LogP contribution is 2.24. The van der Waals surface area contributed by atoms with Crippen molar-refractivity contribution in [3.63, 3.8) is 0 Å². The van der Waals surface area contributed by atoms with E-state index in [2.05, 4.69) is 51.6 Å². The number of fused-ring (bicyclic) bond motifs is 2. The Morgan fingerprint density at radius 1 is 0.702 bits per heavy atom. The summed E-state index contributed by atoms with van der Waals surface area (Å²) in [7, 11) is 3.38. The van der Waals surface area contributed by atoms with Crippen LogP contribution in [0.1, 0.15) is 39.5 Å². The van der Waals surface area contributed by atoms with Gasteiger partial charge in [0.1, 0.15) is 11.4 Å². The SMILES string of the molecule is CNc1cc(Nc2cccn(-c3ccc(C)nn3)c2=O)nn2c(C(=O)O)cnc12.CNc1cc(Nc2cccn(C3=CCCC=C3)c2=O)nn2c(C(=O)O)cnc12. The fourth-order valence-electron chi connectivity index (χ4n) is 5.86. The molecule has 0 spiro atoms. The van der Waals surface area contributed by atoms with E-state index in [1.807, 2.05) is 18.2 Å². The lowest BCUT2D eigenvalue weighted by molar-refractivity contribution is 0.0677. The second-order valence-corrected chi connectivity index (χ2v) is 12.3. The number of carboxylic acid groups (broad SMARTS) is 2. The van der Waals surface area contributed by atoms with E-state index in [4.69, 9.17) is 0 Å². The number of hydrogen-bond acceptors (Lipinski definition) is 14. The van der Waals surface area contributed by atoms with Gasteiger partial charge in [-0.1, -0.05) is 12.2 Å². The Morgan fingerprint density at radius 3 is 1.72 bits per heavy atom. The number of aromatic carboxylic acids is 2. The Hall–Kier alpha value is -8.16. The summed E-state index contributed by atoms with van der Waals surface area (Å²) in [4.78, 5) is 56.8. The molecule has 0 unspecified atom stereocenters. The van der Waals surface area contributed by atoms with Gasteiger partial charge >= 0.3 is 11.9 Å². The Labute approximate surface area is 321 Å². The van der Waals surface area contributed by atoms with Gasteiger partial charge in [-0.25, -0.2) is 28.6 Å². The Balaban J connectivity index is 0.000000174. The van der Waals surface area contributed by atoms with Gasteiger partial charge in [-0.05, 0) is 62.2 Å². The summed E-state index contributed by atoms with van der Waals surface area (Å²) in [5.41, 5.74) is 3.25. The van der Waals surface area contributed by atoms with Crippen molar-refractivity contribution in [2.45, 2.75) is 19.8 Å². The lowest BCUT2D eigenvalue weighted by Crippen LogP contribution is -2.22. The van der Waals surface area contributed by atoms with Crippen LogP contribution in [0.5, 0.6) is 0 Å². The van der Waals surface area contributed by atoms with Crippen LogP contribution in [0.3, 0.4) is 0 Å². The molecular formula is C37H34N14O6. The normalized spacial score (nSPS) is 12.1. The minimum Gasteiger partial charge on any atom is -0.476 e. The highest BCUT2D eigenvalue weighted by molar-refractivity contribution is 5.88. The maximum absolute atomic E-state index is 12.9. The van der Waals surface area contributed by atoms with Gasteiger partial charge in [-0.3, -0.25) is 18.7 Å². The number of aromatic nitrogens is 10. The van der Waals surface area contributed by atoms with Crippen molar-refractivity contribution >= 4 is 63.3 Å². The predicted octanol–water partition coefficient (Wildman–Crippen LogP) is 4.03. The van der Waals surface area contributed by atoms with E-state index in [9.17, 15) is 29.4 Å². The topological polar surface area (TPSA) is 253 Å². The number of allylic oxidation sites excluding steroid dienone is 4. The molecule has 1 aliphatic carbocycles. The van der Waals surface area contributed by atoms with Gasteiger partial charge in [0.2, 0.25) is 0 Å². The number of aryl methyl sites for hydroxylation is 1. The summed E-state index contributed by atoms with van der Waals surface area (Å²) < 4.78 is 5.34. The fourth-order valence-corrected chi connectivity index (χ4v) is 5.86. The molecule has 0 radical (unpaired) electrons. The van der Waals surface area contributed by atoms with Crippen molar-refractivity contribution < 1.29 is 19.8 Å². The second-order valence-electron chi connectivity index (χ2n) is 12.3. The minimum absolute atomic E-state index is 0.0712. The van der Waals surface area contributed by atoms with Gasteiger partial charge in [0.05, 0.1) is 29.5 Å². The van der Waals surface area contributed by atoms with Gasteiger partial charge in [-0.2, -0.15) is 5.10 Å². The third kappa shape index (κ3) is 7.49. The summed E-state index contributed by atoms with van der Waals surface area (Å²) in [5, 5.41) is 47.1. The van der Waals surface area contributed by atoms with Crippen LogP contribution in [-0.4, -0.2) is 84.8 Å². The summed E-state index contributed by atoms with van der Waals surface area (Å²) in [6, 6.07) is 13.5. The van der Waals surface area contributed by atoms with Crippen LogP contribution in [0.4, 0.5) is 34.4 Å². The Bertz CT molecular complexity index is 2850. The summed E-state index contributed by atoms with van der Waals surface area (Å²) in [6.07, 6.45) is 13.6. The summed E-state index contributed by atoms with van der Waals surface area (Å²) in [5.74, 6) is -1.33. The summed E-state index contributed by atoms with van der Waals surface area (Å²) >= 11 is 0. The molecule has 57 heavy (non-hydrogen) atoms. The van der Waals surface area contributed by atoms with Crippen LogP contribution in [0, 0.1) is 6.92 Å². The van der Waals surface area contributed by atoms with Crippen molar-refractivity contribution in [1.82, 2.24) is 48.5 Å². The first-order valence-electron chi connectivity index (χ1n) is 17.3. The second kappa shape index (κ2) is 15.7. The predicted molar refractivity (Wildman–Crippen MR) is 211 cm³/mol. The largest absolute Gasteiger partial charge is 0.476 e. The van der Waals surface area contributed by atoms with Gasteiger partial charge in [0, 0.05) is 44.3 Å². The first-order chi connectivity index (χ1) is 27.6. The van der Waals surface area contributed by atoms with Gasteiger partial charge in [0.25, 0.3) is 11.1 Å². The lowest BCUT2D eigenvalue weighted by atomic mass is 10.1. The van der Waals surface area contributed by atoms with Crippen molar-refractivity contribution in [1.29, 1.82) is 0 Å². The minimum atomic E-state index is -1.16. The average molecular weight is 771 g/mol. The third-order valence-electron chi connectivity index (χ3n) is 8.62. The fraction of sp³-hybridized carbons (Fsp3) is 0.135. The molecule has 0 bridgehead atoms. The molecule has 20 nitrogen and oxygen atoms in total. The average Bonchev–Trinajstić information content (AvgIpc) is 3.85. The van der Waals surface area contributed by atoms with Crippen LogP contribution in [0.2, 0.25) is 0 Å². The number of nitrogens with zero attached hydrogens (tertiary/aromatic N) is 10. The number of hydrogen-bond donors (Lipinski definition) is 6. The molecule has 6 N–H and O–H groups in total. The first kappa shape index (κ1) is 37.2. The number of carbonyl (C=O) groups is 2. The molecule has 0 fully saturated rings. The van der Waals surface area contributed by atoms with Gasteiger partial charge < -0.3 is 31.5 Å². The van der Waals surface area contributed by atoms with E-state index in [1.54, 1.807) is 86.5 Å². The van der Waals surface area contributed by atoms with Crippen molar-refractivity contribution in [3.05, 3.63) is 129 Å². The molecule has 7 heterocycles. The zero-order valence-electron chi connectivity index (χ0n) is 30.6. The van der Waals surface area contributed by atoms with Crippen molar-refractivity contribution in [3.8, 4) is 5.82 Å². The number of pyridine rings is 2. The maximum atomic E-state index is 12.9. The molecule has 0 saturated heterocycles. The molecule has 0 aromatic carbocycles. The molecule has 7 aromatic heterocycles. The standard InChI is InChI=1S/C19H18N6O3.C18H16N8O3/c1-20-14-10-16(23-25-15(19(27)28)11-21-17(14)25)22-13-8-5-9-24(18(13)26)12-6-3-2-4-7-12;1-10-5-6-15(23-22-10)25-7-3-4-11(17(25)27)21-14-8-12(19-2)16-20-9-13(18(28)29)26(16)24-14/h3,5-11,20H,2,4H2,1H3,(H,22,23)(H,27,28);3-9,19H,1-2H3,(H,21,24)(H,28,29). The molecule has 0 aliphatic heterocycles. The summed E-state index contributed by atoms with van der Waals surface area (Å²) in [6.45, 7) is 1.81. The van der Waals surface area contributed by atoms with E-state index >= 15 is 0 Å². The van der Waals surface area contributed by atoms with E-state index < -0.39 is 11.9 Å². The molecule has 7 aromatic rings. The van der Waals surface area contributed by atoms with Crippen LogP contribution in [0.15, 0.2) is 101 Å². The van der Waals surface area contributed by atoms with Crippen LogP contribution >= 0.6 is 0 Å². The quantitative estimate of drug-likeness (QED) is 0.115. The van der Waals surface area contributed by atoms with E-state index in [1.165, 1.54) is 26.0 Å². The van der Waals surface area contributed by atoms with Crippen molar-refractivity contribution in [2.75, 3.05) is 35.4 Å². The first-order valence-corrected chi connectivity index (χ1v) is 17.3. The van der Waals surface area contributed by atoms with Gasteiger partial charge in [0.15, 0.2) is 40.1 Å². The maximum Gasteiger partial charge on any atom is 0.356 e. The number of anilines is 6. The molecule has 1 aliphatic rings. The Morgan fingerprint density at radius 2 is 1.25 bits per heavy atom. The third-order valence-corrected chi connectivity index (χ3v) is 8.62. The van der Waals surface area contributed by atoms with Crippen molar-refractivity contribution in [2.24, 2.45) is 0 Å². The Kier molecular flexibility index (Phi) is 10.2. The van der Waals surface area contributed by atoms with E-state index in [0.717, 1.165) is 24.2 Å². The lowest BCUT2D eigenvalue weighted by Gasteiger charge is -2.13. The van der Waals surface area contributed by atoms with E-state index in [-0.39, 0.29) is 34.0 Å². The molecule has 0 amide bonds. The molecule has 0 atom stereocenters. The monoisotopic (exact) mass is 770 g/mol. The zero-order valence-corrected chi connectivity index (χ0v) is 30.6. The smallest absolute Gasteiger partial charge is 0.356 e. The highest BCUT2D eigenvalue weighted by Gasteiger charge is 2.18. The zero-order chi connectivity index (χ0) is 40.2. The van der Waals surface area contributed by atoms with E-state index in [0.29, 0.717) is 40.0 Å². The van der Waals surface area contributed by atoms with Gasteiger partial charge in [-0.15, -0.1) is 15.3 Å². The molecule has 20 heteroatoms. The number of rotatable bonds is 10. The number of carboxylic acids is 2. The van der Waals surface area contributed by atoms with Crippen LogP contribution < -0.4 is 32.4 Å². The molecular weight excluding hydrogens is 736 g/mol. The highest BCUT2D eigenvalue weighted by atomic mass is 16.4.